The van der Waals surface area contributed by atoms with E-state index in [0.717, 1.165) is 37.2 Å². The summed E-state index contributed by atoms with van der Waals surface area (Å²) in [7, 11) is -3.21. The van der Waals surface area contributed by atoms with Crippen molar-refractivity contribution in [1.29, 1.82) is 0 Å². The molecule has 0 unspecified atom stereocenters. The summed E-state index contributed by atoms with van der Waals surface area (Å²) in [5, 5.41) is 10.5. The molecule has 1 saturated heterocycles. The Balaban J connectivity index is 1.64. The smallest absolute Gasteiger partial charge is 0.237 e. The minimum absolute atomic E-state index is 0.00320. The van der Waals surface area contributed by atoms with Crippen molar-refractivity contribution >= 4 is 15.9 Å². The molecule has 0 aliphatic carbocycles. The van der Waals surface area contributed by atoms with E-state index in [1.165, 1.54) is 10.6 Å². The summed E-state index contributed by atoms with van der Waals surface area (Å²) >= 11 is 0. The molecule has 1 aromatic rings. The Morgan fingerprint density at radius 3 is 2.96 bits per heavy atom. The van der Waals surface area contributed by atoms with Crippen molar-refractivity contribution in [3.8, 4) is 0 Å². The Labute approximate surface area is 136 Å². The summed E-state index contributed by atoms with van der Waals surface area (Å²) in [6.07, 6.45) is 3.86. The van der Waals surface area contributed by atoms with Crippen LogP contribution in [0.3, 0.4) is 0 Å². The van der Waals surface area contributed by atoms with Crippen molar-refractivity contribution in [3.63, 3.8) is 0 Å². The van der Waals surface area contributed by atoms with Gasteiger partial charge >= 0.3 is 0 Å². The first-order valence-corrected chi connectivity index (χ1v) is 9.80. The SMILES string of the molecule is CS(=O)(=O)N1CCCn2nc(CNC(=O)[C@H]3CCCN3)cc2C1. The molecule has 0 aromatic carbocycles. The van der Waals surface area contributed by atoms with Crippen LogP contribution in [-0.4, -0.2) is 53.8 Å². The van der Waals surface area contributed by atoms with Crippen LogP contribution >= 0.6 is 0 Å². The van der Waals surface area contributed by atoms with Crippen molar-refractivity contribution < 1.29 is 13.2 Å². The van der Waals surface area contributed by atoms with Crippen LogP contribution in [0.4, 0.5) is 0 Å². The second-order valence-corrected chi connectivity index (χ2v) is 8.15. The molecule has 1 amide bonds. The van der Waals surface area contributed by atoms with Gasteiger partial charge in [0, 0.05) is 13.1 Å². The topological polar surface area (TPSA) is 96.3 Å². The number of carbonyl (C=O) groups is 1. The van der Waals surface area contributed by atoms with Crippen molar-refractivity contribution in [1.82, 2.24) is 24.7 Å². The van der Waals surface area contributed by atoms with Crippen LogP contribution in [0.2, 0.25) is 0 Å². The lowest BCUT2D eigenvalue weighted by Gasteiger charge is -2.16. The predicted octanol–water partition coefficient (Wildman–Crippen LogP) is -0.583. The van der Waals surface area contributed by atoms with E-state index in [2.05, 4.69) is 15.7 Å². The van der Waals surface area contributed by atoms with Gasteiger partial charge in [-0.1, -0.05) is 0 Å². The Morgan fingerprint density at radius 1 is 1.43 bits per heavy atom. The molecule has 1 aromatic heterocycles. The Morgan fingerprint density at radius 2 is 2.26 bits per heavy atom. The molecule has 0 radical (unpaired) electrons. The second-order valence-electron chi connectivity index (χ2n) is 6.17. The molecule has 2 aliphatic heterocycles. The zero-order valence-corrected chi connectivity index (χ0v) is 14.1. The van der Waals surface area contributed by atoms with Gasteiger partial charge < -0.3 is 10.6 Å². The van der Waals surface area contributed by atoms with Crippen LogP contribution in [0.5, 0.6) is 0 Å². The van der Waals surface area contributed by atoms with Crippen molar-refractivity contribution in [2.45, 2.75) is 44.9 Å². The van der Waals surface area contributed by atoms with Crippen molar-refractivity contribution in [3.05, 3.63) is 17.5 Å². The van der Waals surface area contributed by atoms with Crippen LogP contribution in [0.25, 0.3) is 0 Å². The number of hydrogen-bond acceptors (Lipinski definition) is 5. The highest BCUT2D eigenvalue weighted by molar-refractivity contribution is 7.88. The molecule has 3 heterocycles. The van der Waals surface area contributed by atoms with Gasteiger partial charge in [0.2, 0.25) is 15.9 Å². The van der Waals surface area contributed by atoms with Gasteiger partial charge in [-0.25, -0.2) is 8.42 Å². The largest absolute Gasteiger partial charge is 0.349 e. The quantitative estimate of drug-likeness (QED) is 0.764. The van der Waals surface area contributed by atoms with Crippen LogP contribution in [0.1, 0.15) is 30.7 Å². The lowest BCUT2D eigenvalue weighted by atomic mass is 10.2. The molecule has 1 atom stereocenters. The molecule has 2 N–H and O–H groups in total. The van der Waals surface area contributed by atoms with E-state index >= 15 is 0 Å². The number of fused-ring (bicyclic) bond motifs is 1. The highest BCUT2D eigenvalue weighted by Gasteiger charge is 2.24. The first kappa shape index (κ1) is 16.4. The average Bonchev–Trinajstić information content (AvgIpc) is 3.10. The maximum absolute atomic E-state index is 12.0. The minimum Gasteiger partial charge on any atom is -0.349 e. The fraction of sp³-hybridized carbons (Fsp3) is 0.714. The van der Waals surface area contributed by atoms with E-state index in [9.17, 15) is 13.2 Å². The normalized spacial score (nSPS) is 22.6. The van der Waals surface area contributed by atoms with E-state index in [0.29, 0.717) is 26.2 Å². The standard InChI is InChI=1S/C14H23N5O3S/c1-23(21,22)18-6-3-7-19-12(10-18)8-11(17-19)9-16-14(20)13-4-2-5-15-13/h8,13,15H,2-7,9-10H2,1H3,(H,16,20)/t13-/m1/s1. The van der Waals surface area contributed by atoms with Gasteiger partial charge in [0.25, 0.3) is 0 Å². The fourth-order valence-electron chi connectivity index (χ4n) is 3.07. The molecule has 8 nitrogen and oxygen atoms in total. The maximum Gasteiger partial charge on any atom is 0.237 e. The Hall–Kier alpha value is -1.45. The van der Waals surface area contributed by atoms with Gasteiger partial charge in [-0.15, -0.1) is 0 Å². The fourth-order valence-corrected chi connectivity index (χ4v) is 3.90. The number of amides is 1. The van der Waals surface area contributed by atoms with Gasteiger partial charge in [0.15, 0.2) is 0 Å². The van der Waals surface area contributed by atoms with Gasteiger partial charge in [-0.2, -0.15) is 9.40 Å². The number of sulfonamides is 1. The van der Waals surface area contributed by atoms with Gasteiger partial charge in [0.1, 0.15) is 0 Å². The summed E-state index contributed by atoms with van der Waals surface area (Å²) in [6, 6.07) is 1.78. The van der Waals surface area contributed by atoms with Gasteiger partial charge in [-0.3, -0.25) is 9.48 Å². The highest BCUT2D eigenvalue weighted by Crippen LogP contribution is 2.16. The number of hydrogen-bond donors (Lipinski definition) is 2. The van der Waals surface area contributed by atoms with E-state index in [1.807, 2.05) is 10.7 Å². The summed E-state index contributed by atoms with van der Waals surface area (Å²) in [5.41, 5.74) is 1.64. The van der Waals surface area contributed by atoms with Gasteiger partial charge in [-0.05, 0) is 31.9 Å². The first-order valence-electron chi connectivity index (χ1n) is 7.95. The van der Waals surface area contributed by atoms with Crippen molar-refractivity contribution in [2.24, 2.45) is 0 Å². The van der Waals surface area contributed by atoms with Crippen LogP contribution in [0.15, 0.2) is 6.07 Å². The summed E-state index contributed by atoms with van der Waals surface area (Å²) in [5.74, 6) is 0.00320. The summed E-state index contributed by atoms with van der Waals surface area (Å²) in [6.45, 7) is 2.80. The Kier molecular flexibility index (Phi) is 4.69. The minimum atomic E-state index is -3.21. The molecule has 128 valence electrons. The zero-order valence-electron chi connectivity index (χ0n) is 13.3. The predicted molar refractivity (Wildman–Crippen MR) is 85.0 cm³/mol. The zero-order chi connectivity index (χ0) is 16.4. The maximum atomic E-state index is 12.0. The number of carbonyl (C=O) groups excluding carboxylic acids is 1. The molecule has 0 bridgehead atoms. The van der Waals surface area contributed by atoms with Crippen LogP contribution < -0.4 is 10.6 Å². The number of nitrogens with zero attached hydrogens (tertiary/aromatic N) is 3. The van der Waals surface area contributed by atoms with E-state index in [-0.39, 0.29) is 11.9 Å². The van der Waals surface area contributed by atoms with Crippen molar-refractivity contribution in [2.75, 3.05) is 19.3 Å². The third kappa shape index (κ3) is 3.91. The molecule has 2 aliphatic rings. The summed E-state index contributed by atoms with van der Waals surface area (Å²) in [4.78, 5) is 12.0. The van der Waals surface area contributed by atoms with Gasteiger partial charge in [0.05, 0.1) is 36.8 Å². The number of aryl methyl sites for hydroxylation is 1. The monoisotopic (exact) mass is 341 g/mol. The van der Waals surface area contributed by atoms with E-state index in [4.69, 9.17) is 0 Å². The molecule has 9 heteroatoms. The number of rotatable bonds is 4. The third-order valence-electron chi connectivity index (χ3n) is 4.32. The van der Waals surface area contributed by atoms with Crippen LogP contribution in [0, 0.1) is 0 Å². The molecular formula is C14H23N5O3S. The summed E-state index contributed by atoms with van der Waals surface area (Å²) < 4.78 is 26.8. The molecular weight excluding hydrogens is 318 g/mol. The highest BCUT2D eigenvalue weighted by atomic mass is 32.2. The van der Waals surface area contributed by atoms with E-state index in [1.54, 1.807) is 0 Å². The molecule has 1 fully saturated rings. The number of aromatic nitrogens is 2. The average molecular weight is 341 g/mol. The second kappa shape index (κ2) is 6.58. The molecule has 0 saturated carbocycles. The molecule has 3 rings (SSSR count). The lowest BCUT2D eigenvalue weighted by Crippen LogP contribution is -2.40. The lowest BCUT2D eigenvalue weighted by molar-refractivity contribution is -0.122. The van der Waals surface area contributed by atoms with Crippen LogP contribution in [-0.2, 0) is 34.5 Å². The Bertz CT molecular complexity index is 679. The number of nitrogens with one attached hydrogen (secondary N) is 2. The van der Waals surface area contributed by atoms with E-state index < -0.39 is 10.0 Å². The first-order chi connectivity index (χ1) is 10.9. The molecule has 0 spiro atoms. The molecule has 23 heavy (non-hydrogen) atoms. The third-order valence-corrected chi connectivity index (χ3v) is 5.57.